The highest BCUT2D eigenvalue weighted by Crippen LogP contribution is 2.29. The highest BCUT2D eigenvalue weighted by atomic mass is 28.4. The molecule has 0 unspecified atom stereocenters. The zero-order valence-corrected chi connectivity index (χ0v) is 16.1. The van der Waals surface area contributed by atoms with Crippen LogP contribution in [-0.4, -0.2) is 47.1 Å². The highest BCUT2D eigenvalue weighted by molar-refractivity contribution is 6.73. The van der Waals surface area contributed by atoms with Gasteiger partial charge in [0.1, 0.15) is 0 Å². The molecule has 2 nitrogen and oxygen atoms in total. The maximum atomic E-state index is 6.53. The number of hydrogen-bond donors (Lipinski definition) is 0. The predicted molar refractivity (Wildman–Crippen MR) is 93.8 cm³/mol. The van der Waals surface area contributed by atoms with Gasteiger partial charge in [-0.2, -0.15) is 0 Å². The Bertz CT molecular complexity index is 204. The van der Waals surface area contributed by atoms with Gasteiger partial charge in [-0.05, 0) is 31.0 Å². The minimum absolute atomic E-state index is 0.990. The number of quaternary nitrogens is 1. The lowest BCUT2D eigenvalue weighted by Gasteiger charge is -2.33. The van der Waals surface area contributed by atoms with Gasteiger partial charge in [-0.3, -0.25) is 0 Å². The molecule has 0 atom stereocenters. The Hall–Kier alpha value is 0.137. The van der Waals surface area contributed by atoms with E-state index in [1.165, 1.54) is 63.2 Å². The third kappa shape index (κ3) is 9.95. The fourth-order valence-electron chi connectivity index (χ4n) is 2.78. The van der Waals surface area contributed by atoms with Gasteiger partial charge in [0.2, 0.25) is 0 Å². The van der Waals surface area contributed by atoms with Crippen molar-refractivity contribution in [2.45, 2.75) is 77.4 Å². The van der Waals surface area contributed by atoms with Gasteiger partial charge < -0.3 is 8.91 Å². The van der Waals surface area contributed by atoms with Crippen molar-refractivity contribution in [3.05, 3.63) is 0 Å². The summed E-state index contributed by atoms with van der Waals surface area (Å²) in [5.74, 6) is 0. The Morgan fingerprint density at radius 1 is 0.750 bits per heavy atom. The third-order valence-electron chi connectivity index (χ3n) is 4.05. The van der Waals surface area contributed by atoms with Crippen molar-refractivity contribution in [2.75, 3.05) is 34.3 Å². The maximum Gasteiger partial charge on any atom is 0.192 e. The zero-order chi connectivity index (χ0) is 15.5. The summed E-state index contributed by atoms with van der Waals surface area (Å²) in [7, 11) is 5.43. The normalized spacial score (nSPS) is 12.9. The van der Waals surface area contributed by atoms with E-state index in [0.29, 0.717) is 0 Å². The van der Waals surface area contributed by atoms with Crippen LogP contribution in [0.15, 0.2) is 0 Å². The summed E-state index contributed by atoms with van der Waals surface area (Å²) in [4.78, 5) is 0. The van der Waals surface area contributed by atoms with E-state index in [9.17, 15) is 0 Å². The number of hydrogen-bond acceptors (Lipinski definition) is 1. The van der Waals surface area contributed by atoms with E-state index in [0.717, 1.165) is 11.1 Å². The fraction of sp³-hybridized carbons (Fsp3) is 1.00. The summed E-state index contributed by atoms with van der Waals surface area (Å²) in [5.41, 5.74) is 0. The minimum Gasteiger partial charge on any atom is -0.417 e. The summed E-state index contributed by atoms with van der Waals surface area (Å²) in [6.45, 7) is 9.13. The van der Waals surface area contributed by atoms with Crippen molar-refractivity contribution in [3.63, 3.8) is 0 Å². The molecular weight excluding hydrogens is 262 g/mol. The molecule has 0 saturated carbocycles. The SMILES string of the molecule is CCCC[Si](CCCC)(CCC[N+](C)(C)C)OCCC. The Morgan fingerprint density at radius 3 is 1.65 bits per heavy atom. The topological polar surface area (TPSA) is 9.23 Å². The molecule has 0 aromatic carbocycles. The molecule has 0 saturated heterocycles. The van der Waals surface area contributed by atoms with Gasteiger partial charge >= 0.3 is 0 Å². The van der Waals surface area contributed by atoms with E-state index in [-0.39, 0.29) is 0 Å². The average molecular weight is 303 g/mol. The first-order valence-electron chi connectivity index (χ1n) is 8.83. The highest BCUT2D eigenvalue weighted by Gasteiger charge is 2.33. The Labute approximate surface area is 129 Å². The molecule has 122 valence electrons. The summed E-state index contributed by atoms with van der Waals surface area (Å²) in [6, 6.07) is 4.16. The molecule has 0 radical (unpaired) electrons. The molecule has 0 bridgehead atoms. The third-order valence-corrected chi connectivity index (χ3v) is 8.66. The average Bonchev–Trinajstić information content (AvgIpc) is 2.38. The van der Waals surface area contributed by atoms with Gasteiger partial charge in [-0.15, -0.1) is 0 Å². The van der Waals surface area contributed by atoms with E-state index in [1.807, 2.05) is 0 Å². The molecular formula is C17H40NOSi+. The van der Waals surface area contributed by atoms with E-state index < -0.39 is 8.32 Å². The van der Waals surface area contributed by atoms with Crippen LogP contribution in [0.3, 0.4) is 0 Å². The van der Waals surface area contributed by atoms with Crippen molar-refractivity contribution >= 4 is 8.32 Å². The molecule has 0 aromatic heterocycles. The predicted octanol–water partition coefficient (Wildman–Crippen LogP) is 5.06. The molecule has 0 spiro atoms. The molecule has 0 fully saturated rings. The number of nitrogens with zero attached hydrogens (tertiary/aromatic N) is 1. The largest absolute Gasteiger partial charge is 0.417 e. The molecule has 0 amide bonds. The monoisotopic (exact) mass is 302 g/mol. The van der Waals surface area contributed by atoms with Crippen molar-refractivity contribution in [2.24, 2.45) is 0 Å². The van der Waals surface area contributed by atoms with E-state index in [1.54, 1.807) is 0 Å². The second-order valence-corrected chi connectivity index (χ2v) is 11.5. The van der Waals surface area contributed by atoms with Crippen LogP contribution in [-0.2, 0) is 4.43 Å². The first-order valence-corrected chi connectivity index (χ1v) is 11.4. The van der Waals surface area contributed by atoms with Crippen LogP contribution in [0.1, 0.15) is 59.3 Å². The Balaban J connectivity index is 4.57. The van der Waals surface area contributed by atoms with E-state index in [2.05, 4.69) is 41.9 Å². The Kier molecular flexibility index (Phi) is 10.9. The molecule has 0 aromatic rings. The van der Waals surface area contributed by atoms with Gasteiger partial charge in [0.25, 0.3) is 0 Å². The lowest BCUT2D eigenvalue weighted by Crippen LogP contribution is -2.41. The quantitative estimate of drug-likeness (QED) is 0.341. The van der Waals surface area contributed by atoms with Gasteiger partial charge in [-0.25, -0.2) is 0 Å². The zero-order valence-electron chi connectivity index (χ0n) is 15.1. The molecule has 0 aliphatic rings. The number of rotatable bonds is 13. The lowest BCUT2D eigenvalue weighted by atomic mass is 10.4. The van der Waals surface area contributed by atoms with Crippen LogP contribution in [0, 0.1) is 0 Å². The first-order chi connectivity index (χ1) is 9.39. The summed E-state index contributed by atoms with van der Waals surface area (Å²) in [6.07, 6.45) is 7.86. The van der Waals surface area contributed by atoms with Gasteiger partial charge in [-0.1, -0.05) is 46.5 Å². The van der Waals surface area contributed by atoms with Gasteiger partial charge in [0.05, 0.1) is 27.7 Å². The molecule has 0 aliphatic heterocycles. The van der Waals surface area contributed by atoms with Crippen LogP contribution in [0.25, 0.3) is 0 Å². The van der Waals surface area contributed by atoms with E-state index >= 15 is 0 Å². The lowest BCUT2D eigenvalue weighted by molar-refractivity contribution is -0.870. The fourth-order valence-corrected chi connectivity index (χ4v) is 7.40. The second-order valence-electron chi connectivity index (χ2n) is 7.36. The first kappa shape index (κ1) is 20.1. The van der Waals surface area contributed by atoms with Crippen molar-refractivity contribution < 1.29 is 8.91 Å². The molecule has 0 aliphatic carbocycles. The van der Waals surface area contributed by atoms with Gasteiger partial charge in [0, 0.05) is 6.61 Å². The van der Waals surface area contributed by atoms with Crippen LogP contribution in [0.5, 0.6) is 0 Å². The van der Waals surface area contributed by atoms with Crippen LogP contribution in [0.4, 0.5) is 0 Å². The van der Waals surface area contributed by atoms with Crippen LogP contribution in [0.2, 0.25) is 18.1 Å². The van der Waals surface area contributed by atoms with Gasteiger partial charge in [0.15, 0.2) is 8.32 Å². The summed E-state index contributed by atoms with van der Waals surface area (Å²) in [5, 5.41) is 0. The molecule has 20 heavy (non-hydrogen) atoms. The molecule has 0 N–H and O–H groups in total. The number of unbranched alkanes of at least 4 members (excludes halogenated alkanes) is 2. The van der Waals surface area contributed by atoms with Crippen molar-refractivity contribution in [1.82, 2.24) is 0 Å². The standard InChI is InChI=1S/C17H40NOSi/c1-7-10-15-20(16-11-8-2,19-14-9-3)17-12-13-18(4,5)6/h7-17H2,1-6H3/q+1. The minimum atomic E-state index is -1.47. The van der Waals surface area contributed by atoms with E-state index in [4.69, 9.17) is 4.43 Å². The summed E-state index contributed by atoms with van der Waals surface area (Å²) >= 11 is 0. The molecule has 0 heterocycles. The second kappa shape index (κ2) is 10.8. The maximum absolute atomic E-state index is 6.53. The van der Waals surface area contributed by atoms with Crippen LogP contribution >= 0.6 is 0 Å². The molecule has 3 heteroatoms. The Morgan fingerprint density at radius 2 is 1.25 bits per heavy atom. The van der Waals surface area contributed by atoms with Crippen LogP contribution < -0.4 is 0 Å². The van der Waals surface area contributed by atoms with Crippen molar-refractivity contribution in [1.29, 1.82) is 0 Å². The van der Waals surface area contributed by atoms with Crippen molar-refractivity contribution in [3.8, 4) is 0 Å². The smallest absolute Gasteiger partial charge is 0.192 e. The molecule has 0 rings (SSSR count). The summed E-state index contributed by atoms with van der Waals surface area (Å²) < 4.78 is 7.61.